The number of benzene rings is 1. The van der Waals surface area contributed by atoms with Crippen molar-refractivity contribution in [2.45, 2.75) is 50.5 Å². The highest BCUT2D eigenvalue weighted by atomic mass is 16.6. The molecular weight excluding hydrogens is 468 g/mol. The number of hydrogen-bond acceptors (Lipinski definition) is 8. The average molecular weight is 505 g/mol. The lowest BCUT2D eigenvalue weighted by Gasteiger charge is -2.68. The first kappa shape index (κ1) is 25.9. The molecule has 7 atom stereocenters. The van der Waals surface area contributed by atoms with Gasteiger partial charge in [-0.3, -0.25) is 20.2 Å². The summed E-state index contributed by atoms with van der Waals surface area (Å²) in [4.78, 5) is 11.5. The van der Waals surface area contributed by atoms with E-state index in [0.29, 0.717) is 31.0 Å². The number of methoxy groups -OCH3 is 1. The van der Waals surface area contributed by atoms with Crippen molar-refractivity contribution < 1.29 is 20.1 Å². The highest BCUT2D eigenvalue weighted by Crippen LogP contribution is 2.62. The molecule has 196 valence electrons. The van der Waals surface area contributed by atoms with Crippen LogP contribution in [0, 0.1) is 10.8 Å². The lowest BCUT2D eigenvalue weighted by Crippen LogP contribution is -2.80. The molecule has 2 aliphatic heterocycles. The highest BCUT2D eigenvalue weighted by molar-refractivity contribution is 5.31. The predicted octanol–water partition coefficient (Wildman–Crippen LogP) is 2.45. The molecule has 2 aromatic heterocycles. The number of aliphatic hydroxyl groups excluding tert-OH is 2. The minimum absolute atomic E-state index is 0.307. The van der Waals surface area contributed by atoms with Crippen LogP contribution in [0.1, 0.15) is 42.9 Å². The second-order valence-electron chi connectivity index (χ2n) is 10.6. The molecule has 7 unspecified atom stereocenters. The fourth-order valence-corrected chi connectivity index (χ4v) is 6.65. The summed E-state index contributed by atoms with van der Waals surface area (Å²) < 4.78 is 5.74. The van der Waals surface area contributed by atoms with Crippen LogP contribution >= 0.6 is 0 Å². The maximum Gasteiger partial charge on any atom is 0.173 e. The SMILES string of the molecule is COC(C)(O)C12CN(Cc3ccccc3)CC(C(C)O)(C(c3ccccn3)NC1c1ccccn1)C2O. The van der Waals surface area contributed by atoms with Crippen LogP contribution in [0.4, 0.5) is 0 Å². The molecule has 0 saturated carbocycles. The zero-order chi connectivity index (χ0) is 26.3. The molecule has 5 rings (SSSR count). The minimum atomic E-state index is -1.77. The van der Waals surface area contributed by atoms with Crippen molar-refractivity contribution in [2.24, 2.45) is 10.8 Å². The van der Waals surface area contributed by atoms with Gasteiger partial charge in [-0.05, 0) is 43.7 Å². The van der Waals surface area contributed by atoms with Gasteiger partial charge in [0.25, 0.3) is 0 Å². The monoisotopic (exact) mass is 504 g/mol. The molecule has 0 spiro atoms. The van der Waals surface area contributed by atoms with Gasteiger partial charge in [-0.25, -0.2) is 0 Å². The standard InChI is InChI=1S/C29H36N4O4/c1-20(34)28-18-33(17-21-11-5-4-6-12-21)19-29(26(28)35,27(2,36)37-3)25(23-14-8-10-16-31-23)32-24(28)22-13-7-9-15-30-22/h4-16,20,24-26,32,34-36H,17-19H2,1-3H3. The number of piperidine rings is 2. The van der Waals surface area contributed by atoms with E-state index in [0.717, 1.165) is 5.56 Å². The van der Waals surface area contributed by atoms with Gasteiger partial charge in [-0.15, -0.1) is 0 Å². The molecule has 2 fully saturated rings. The molecule has 4 heterocycles. The maximum atomic E-state index is 12.5. The number of nitrogens with one attached hydrogen (secondary N) is 1. The Morgan fingerprint density at radius 1 is 1.00 bits per heavy atom. The Bertz CT molecular complexity index is 1180. The quantitative estimate of drug-likeness (QED) is 0.363. The molecular formula is C29H36N4O4. The van der Waals surface area contributed by atoms with E-state index >= 15 is 0 Å². The largest absolute Gasteiger partial charge is 0.393 e. The van der Waals surface area contributed by atoms with Gasteiger partial charge in [-0.1, -0.05) is 42.5 Å². The van der Waals surface area contributed by atoms with Crippen LogP contribution in [0.15, 0.2) is 79.1 Å². The maximum absolute atomic E-state index is 12.5. The van der Waals surface area contributed by atoms with Gasteiger partial charge in [-0.2, -0.15) is 0 Å². The lowest BCUT2D eigenvalue weighted by atomic mass is 9.50. The molecule has 0 amide bonds. The fraction of sp³-hybridized carbons (Fsp3) is 0.448. The van der Waals surface area contributed by atoms with E-state index in [-0.39, 0.29) is 0 Å². The van der Waals surface area contributed by atoms with Crippen LogP contribution in [0.5, 0.6) is 0 Å². The zero-order valence-corrected chi connectivity index (χ0v) is 21.5. The first-order valence-corrected chi connectivity index (χ1v) is 12.7. The molecule has 4 N–H and O–H groups in total. The van der Waals surface area contributed by atoms with Crippen molar-refractivity contribution >= 4 is 0 Å². The lowest BCUT2D eigenvalue weighted by molar-refractivity contribution is -0.344. The van der Waals surface area contributed by atoms with Crippen LogP contribution in [0.3, 0.4) is 0 Å². The Kier molecular flexibility index (Phi) is 6.91. The summed E-state index contributed by atoms with van der Waals surface area (Å²) in [7, 11) is 1.45. The average Bonchev–Trinajstić information content (AvgIpc) is 2.91. The van der Waals surface area contributed by atoms with E-state index in [1.807, 2.05) is 54.6 Å². The molecule has 1 aromatic carbocycles. The van der Waals surface area contributed by atoms with Crippen molar-refractivity contribution in [3.8, 4) is 0 Å². The van der Waals surface area contributed by atoms with E-state index in [1.165, 1.54) is 7.11 Å². The molecule has 8 heteroatoms. The number of hydrogen-bond donors (Lipinski definition) is 4. The number of ether oxygens (including phenoxy) is 1. The molecule has 2 bridgehead atoms. The van der Waals surface area contributed by atoms with Crippen molar-refractivity contribution in [1.82, 2.24) is 20.2 Å². The fourth-order valence-electron chi connectivity index (χ4n) is 6.65. The van der Waals surface area contributed by atoms with Crippen LogP contribution in [-0.2, 0) is 11.3 Å². The molecule has 2 saturated heterocycles. The van der Waals surface area contributed by atoms with Gasteiger partial charge in [0.1, 0.15) is 0 Å². The molecule has 2 aliphatic rings. The Labute approximate surface area is 218 Å². The summed E-state index contributed by atoms with van der Waals surface area (Å²) in [6.07, 6.45) is 1.31. The molecule has 0 aliphatic carbocycles. The van der Waals surface area contributed by atoms with Gasteiger partial charge in [0.05, 0.1) is 46.5 Å². The zero-order valence-electron chi connectivity index (χ0n) is 21.5. The van der Waals surface area contributed by atoms with E-state index in [1.54, 1.807) is 26.2 Å². The van der Waals surface area contributed by atoms with Crippen molar-refractivity contribution in [1.29, 1.82) is 0 Å². The van der Waals surface area contributed by atoms with E-state index < -0.39 is 40.9 Å². The number of aromatic nitrogens is 2. The number of pyridine rings is 2. The minimum Gasteiger partial charge on any atom is -0.393 e. The summed E-state index contributed by atoms with van der Waals surface area (Å²) >= 11 is 0. The Hall–Kier alpha value is -2.72. The topological polar surface area (TPSA) is 111 Å². The molecule has 37 heavy (non-hydrogen) atoms. The van der Waals surface area contributed by atoms with E-state index in [9.17, 15) is 15.3 Å². The first-order valence-electron chi connectivity index (χ1n) is 12.7. The third-order valence-corrected chi connectivity index (χ3v) is 8.62. The van der Waals surface area contributed by atoms with Crippen LogP contribution in [0.25, 0.3) is 0 Å². The van der Waals surface area contributed by atoms with Gasteiger partial charge < -0.3 is 20.1 Å². The Morgan fingerprint density at radius 3 is 2.14 bits per heavy atom. The smallest absolute Gasteiger partial charge is 0.173 e. The third kappa shape index (κ3) is 4.09. The second-order valence-corrected chi connectivity index (χ2v) is 10.6. The number of fused-ring (bicyclic) bond motifs is 2. The Balaban J connectivity index is 1.75. The van der Waals surface area contributed by atoms with Crippen LogP contribution < -0.4 is 5.32 Å². The van der Waals surface area contributed by atoms with Gasteiger partial charge in [0.15, 0.2) is 5.79 Å². The third-order valence-electron chi connectivity index (χ3n) is 8.62. The van der Waals surface area contributed by atoms with Crippen LogP contribution in [-0.4, -0.2) is 68.4 Å². The molecule has 0 radical (unpaired) electrons. The highest BCUT2D eigenvalue weighted by Gasteiger charge is 2.73. The van der Waals surface area contributed by atoms with E-state index in [2.05, 4.69) is 32.3 Å². The molecule has 8 nitrogen and oxygen atoms in total. The molecule has 3 aromatic rings. The van der Waals surface area contributed by atoms with E-state index in [4.69, 9.17) is 4.74 Å². The number of rotatable bonds is 7. The Morgan fingerprint density at radius 2 is 1.59 bits per heavy atom. The van der Waals surface area contributed by atoms with Crippen molar-refractivity contribution in [3.63, 3.8) is 0 Å². The van der Waals surface area contributed by atoms with Gasteiger partial charge in [0, 0.05) is 39.1 Å². The summed E-state index contributed by atoms with van der Waals surface area (Å²) in [5.74, 6) is -1.77. The van der Waals surface area contributed by atoms with Gasteiger partial charge >= 0.3 is 0 Å². The van der Waals surface area contributed by atoms with Crippen LogP contribution in [0.2, 0.25) is 0 Å². The summed E-state index contributed by atoms with van der Waals surface area (Å²) in [5.41, 5.74) is 0.0680. The first-order chi connectivity index (χ1) is 17.8. The second kappa shape index (κ2) is 9.87. The number of likely N-dealkylation sites (tertiary alicyclic amines) is 1. The van der Waals surface area contributed by atoms with Crippen molar-refractivity contribution in [2.75, 3.05) is 20.2 Å². The predicted molar refractivity (Wildman–Crippen MR) is 139 cm³/mol. The summed E-state index contributed by atoms with van der Waals surface area (Å²) in [5, 5.41) is 39.5. The van der Waals surface area contributed by atoms with Gasteiger partial charge in [0.2, 0.25) is 0 Å². The van der Waals surface area contributed by atoms with Crippen molar-refractivity contribution in [3.05, 3.63) is 96.1 Å². The summed E-state index contributed by atoms with van der Waals surface area (Å²) in [6.45, 7) is 4.56. The summed E-state index contributed by atoms with van der Waals surface area (Å²) in [6, 6.07) is 20.2. The number of nitrogens with zero attached hydrogens (tertiary/aromatic N) is 3. The number of aliphatic hydroxyl groups is 3. The normalized spacial score (nSPS) is 32.4.